The van der Waals surface area contributed by atoms with E-state index >= 15 is 0 Å². The maximum absolute atomic E-state index is 12.3. The zero-order valence-corrected chi connectivity index (χ0v) is 17.0. The first-order valence-corrected chi connectivity index (χ1v) is 11.0. The number of ether oxygens (including phenoxy) is 2. The van der Waals surface area contributed by atoms with Gasteiger partial charge in [-0.15, -0.1) is 0 Å². The number of allylic oxidation sites excluding steroid dienone is 1. The summed E-state index contributed by atoms with van der Waals surface area (Å²) in [5.41, 5.74) is 2.48. The normalized spacial score (nSPS) is 28.1. The number of hydrogen-bond acceptors (Lipinski definition) is 2. The van der Waals surface area contributed by atoms with Gasteiger partial charge in [-0.05, 0) is 68.4 Å². The van der Waals surface area contributed by atoms with E-state index in [4.69, 9.17) is 9.47 Å². The average molecular weight is 393 g/mol. The van der Waals surface area contributed by atoms with E-state index in [9.17, 15) is 8.78 Å². The van der Waals surface area contributed by atoms with Crippen molar-refractivity contribution in [3.63, 3.8) is 0 Å². The highest BCUT2D eigenvalue weighted by Gasteiger charge is 2.32. The second-order valence-electron chi connectivity index (χ2n) is 8.47. The molecule has 0 aromatic heterocycles. The molecule has 0 N–H and O–H groups in total. The van der Waals surface area contributed by atoms with Gasteiger partial charge in [0.05, 0.1) is 13.2 Å². The summed E-state index contributed by atoms with van der Waals surface area (Å²) in [6.45, 7) is 3.69. The Hall–Kier alpha value is -1.26. The zero-order chi connectivity index (χ0) is 19.8. The summed E-state index contributed by atoms with van der Waals surface area (Å²) in [5.74, 6) is 1.43. The van der Waals surface area contributed by atoms with Crippen LogP contribution < -0.4 is 0 Å². The van der Waals surface area contributed by atoms with E-state index in [1.807, 2.05) is 0 Å². The van der Waals surface area contributed by atoms with Crippen molar-refractivity contribution in [2.45, 2.75) is 71.0 Å². The molecule has 28 heavy (non-hydrogen) atoms. The van der Waals surface area contributed by atoms with E-state index in [2.05, 4.69) is 31.2 Å². The molecule has 1 aromatic carbocycles. The molecule has 156 valence electrons. The standard InChI is InChI=1S/C24H34F2O2/c1-2-3-4-5-18-8-13-21(14-9-18)24-27-16-22(17-28-24)20-11-6-19(7-12-20)10-15-23(25)26/h8-9,13-15,19-20,22,24H,2-7,10-12,16-17H2,1H3. The van der Waals surface area contributed by atoms with Crippen LogP contribution in [0.25, 0.3) is 0 Å². The van der Waals surface area contributed by atoms with Gasteiger partial charge in [-0.25, -0.2) is 0 Å². The Morgan fingerprint density at radius 3 is 2.25 bits per heavy atom. The Kier molecular flexibility index (Phi) is 8.47. The molecule has 2 nitrogen and oxygen atoms in total. The minimum atomic E-state index is -1.55. The van der Waals surface area contributed by atoms with Crippen molar-refractivity contribution in [3.05, 3.63) is 47.5 Å². The van der Waals surface area contributed by atoms with Crippen LogP contribution in [-0.4, -0.2) is 13.2 Å². The van der Waals surface area contributed by atoms with E-state index in [0.29, 0.717) is 24.2 Å². The van der Waals surface area contributed by atoms with Gasteiger partial charge in [0, 0.05) is 11.5 Å². The molecule has 1 saturated carbocycles. The van der Waals surface area contributed by atoms with E-state index in [-0.39, 0.29) is 6.29 Å². The maximum atomic E-state index is 12.3. The molecule has 4 heteroatoms. The topological polar surface area (TPSA) is 18.5 Å². The lowest BCUT2D eigenvalue weighted by atomic mass is 9.75. The van der Waals surface area contributed by atoms with Gasteiger partial charge in [-0.3, -0.25) is 0 Å². The highest BCUT2D eigenvalue weighted by atomic mass is 19.3. The Morgan fingerprint density at radius 1 is 0.964 bits per heavy atom. The molecular weight excluding hydrogens is 358 g/mol. The third kappa shape index (κ3) is 6.38. The fourth-order valence-electron chi connectivity index (χ4n) is 4.55. The zero-order valence-electron chi connectivity index (χ0n) is 17.0. The number of halogens is 2. The van der Waals surface area contributed by atoms with E-state index in [1.165, 1.54) is 24.8 Å². The molecule has 0 radical (unpaired) electrons. The monoisotopic (exact) mass is 392 g/mol. The number of rotatable bonds is 8. The molecule has 2 fully saturated rings. The Balaban J connectivity index is 1.40. The third-order valence-corrected chi connectivity index (χ3v) is 6.41. The van der Waals surface area contributed by atoms with Gasteiger partial charge in [0.25, 0.3) is 6.08 Å². The van der Waals surface area contributed by atoms with Gasteiger partial charge in [0.2, 0.25) is 0 Å². The molecule has 2 aliphatic rings. The SMILES string of the molecule is CCCCCc1ccc(C2OCC(C3CCC(CC=C(F)F)CC3)CO2)cc1. The van der Waals surface area contributed by atoms with Crippen LogP contribution in [0.15, 0.2) is 36.4 Å². The van der Waals surface area contributed by atoms with Crippen LogP contribution in [0.5, 0.6) is 0 Å². The lowest BCUT2D eigenvalue weighted by Gasteiger charge is -2.37. The number of aryl methyl sites for hydroxylation is 1. The molecule has 1 heterocycles. The van der Waals surface area contributed by atoms with E-state index in [1.54, 1.807) is 0 Å². The summed E-state index contributed by atoms with van der Waals surface area (Å²) >= 11 is 0. The molecule has 0 atom stereocenters. The summed E-state index contributed by atoms with van der Waals surface area (Å²) in [6, 6.07) is 8.66. The van der Waals surface area contributed by atoms with Crippen molar-refractivity contribution in [3.8, 4) is 0 Å². The second-order valence-corrected chi connectivity index (χ2v) is 8.47. The van der Waals surface area contributed by atoms with Crippen LogP contribution in [0.2, 0.25) is 0 Å². The van der Waals surface area contributed by atoms with Gasteiger partial charge < -0.3 is 9.47 Å². The van der Waals surface area contributed by atoms with Crippen LogP contribution in [0, 0.1) is 17.8 Å². The van der Waals surface area contributed by atoms with Crippen LogP contribution in [0.3, 0.4) is 0 Å². The predicted octanol–water partition coefficient (Wildman–Crippen LogP) is 7.06. The van der Waals surface area contributed by atoms with Gasteiger partial charge in [-0.1, -0.05) is 44.0 Å². The summed E-state index contributed by atoms with van der Waals surface area (Å²) < 4.78 is 36.6. The molecule has 0 bridgehead atoms. The molecule has 0 amide bonds. The summed E-state index contributed by atoms with van der Waals surface area (Å²) in [4.78, 5) is 0. The molecular formula is C24H34F2O2. The van der Waals surface area contributed by atoms with Crippen molar-refractivity contribution in [2.24, 2.45) is 17.8 Å². The molecule has 0 unspecified atom stereocenters. The van der Waals surface area contributed by atoms with Gasteiger partial charge in [0.15, 0.2) is 6.29 Å². The van der Waals surface area contributed by atoms with Crippen LogP contribution in [0.1, 0.15) is 75.7 Å². The van der Waals surface area contributed by atoms with Crippen LogP contribution in [0.4, 0.5) is 8.78 Å². The first-order valence-electron chi connectivity index (χ1n) is 11.0. The molecule has 1 aliphatic carbocycles. The average Bonchev–Trinajstić information content (AvgIpc) is 2.73. The minimum absolute atomic E-state index is 0.255. The molecule has 3 rings (SSSR count). The van der Waals surface area contributed by atoms with Gasteiger partial charge in [-0.2, -0.15) is 8.78 Å². The Bertz CT molecular complexity index is 594. The summed E-state index contributed by atoms with van der Waals surface area (Å²) in [6.07, 6.45) is 8.98. The highest BCUT2D eigenvalue weighted by Crippen LogP contribution is 2.38. The van der Waals surface area contributed by atoms with Crippen molar-refractivity contribution in [1.82, 2.24) is 0 Å². The first kappa shape index (κ1) is 21.4. The Morgan fingerprint density at radius 2 is 1.64 bits per heavy atom. The van der Waals surface area contributed by atoms with Crippen molar-refractivity contribution < 1.29 is 18.3 Å². The highest BCUT2D eigenvalue weighted by molar-refractivity contribution is 5.23. The van der Waals surface area contributed by atoms with E-state index in [0.717, 1.165) is 57.0 Å². The largest absolute Gasteiger partial charge is 0.348 e. The lowest BCUT2D eigenvalue weighted by Crippen LogP contribution is -2.34. The van der Waals surface area contributed by atoms with Crippen molar-refractivity contribution in [2.75, 3.05) is 13.2 Å². The van der Waals surface area contributed by atoms with E-state index < -0.39 is 6.08 Å². The minimum Gasteiger partial charge on any atom is -0.348 e. The second kappa shape index (κ2) is 11.1. The smallest absolute Gasteiger partial charge is 0.266 e. The summed E-state index contributed by atoms with van der Waals surface area (Å²) in [5, 5.41) is 0. The quantitative estimate of drug-likeness (QED) is 0.441. The molecule has 1 aliphatic heterocycles. The predicted molar refractivity (Wildman–Crippen MR) is 108 cm³/mol. The number of unbranched alkanes of at least 4 members (excludes halogenated alkanes) is 2. The number of hydrogen-bond donors (Lipinski definition) is 0. The maximum Gasteiger partial charge on any atom is 0.266 e. The fraction of sp³-hybridized carbons (Fsp3) is 0.667. The third-order valence-electron chi connectivity index (χ3n) is 6.41. The van der Waals surface area contributed by atoms with Gasteiger partial charge >= 0.3 is 0 Å². The summed E-state index contributed by atoms with van der Waals surface area (Å²) in [7, 11) is 0. The van der Waals surface area contributed by atoms with Crippen LogP contribution in [-0.2, 0) is 15.9 Å². The fourth-order valence-corrected chi connectivity index (χ4v) is 4.55. The Labute approximate surface area is 168 Å². The number of benzene rings is 1. The lowest BCUT2D eigenvalue weighted by molar-refractivity contribution is -0.214. The molecule has 1 aromatic rings. The molecule has 1 saturated heterocycles. The van der Waals surface area contributed by atoms with Crippen LogP contribution >= 0.6 is 0 Å². The van der Waals surface area contributed by atoms with Crippen molar-refractivity contribution >= 4 is 0 Å². The molecule has 0 spiro atoms. The van der Waals surface area contributed by atoms with Gasteiger partial charge in [0.1, 0.15) is 0 Å². The first-order chi connectivity index (χ1) is 13.7. The van der Waals surface area contributed by atoms with Crippen molar-refractivity contribution in [1.29, 1.82) is 0 Å².